The largest absolute Gasteiger partial charge is 0.492 e. The van der Waals surface area contributed by atoms with Gasteiger partial charge in [0.25, 0.3) is 0 Å². The summed E-state index contributed by atoms with van der Waals surface area (Å²) >= 11 is 0. The third kappa shape index (κ3) is 1.18. The van der Waals surface area contributed by atoms with Crippen LogP contribution in [0.15, 0.2) is 24.3 Å². The van der Waals surface area contributed by atoms with Gasteiger partial charge in [0.1, 0.15) is 12.3 Å². The van der Waals surface area contributed by atoms with Gasteiger partial charge in [0.05, 0.1) is 0 Å². The van der Waals surface area contributed by atoms with Crippen LogP contribution in [-0.2, 0) is 10.3 Å². The normalized spacial score (nSPS) is 25.2. The average molecular weight is 194 g/mol. The SMILES string of the molecule is CCC1(CF)OB(O)c2ccccc21. The highest BCUT2D eigenvalue weighted by molar-refractivity contribution is 6.61. The molecular weight excluding hydrogens is 182 g/mol. The van der Waals surface area contributed by atoms with Crippen molar-refractivity contribution in [3.63, 3.8) is 0 Å². The highest BCUT2D eigenvalue weighted by Crippen LogP contribution is 2.34. The van der Waals surface area contributed by atoms with Crippen molar-refractivity contribution in [2.45, 2.75) is 18.9 Å². The highest BCUT2D eigenvalue weighted by atomic mass is 19.1. The molecule has 0 aliphatic carbocycles. The van der Waals surface area contributed by atoms with Crippen molar-refractivity contribution in [2.75, 3.05) is 6.67 Å². The lowest BCUT2D eigenvalue weighted by Crippen LogP contribution is -2.31. The second-order valence-electron chi connectivity index (χ2n) is 3.54. The minimum absolute atomic E-state index is 0.525. The van der Waals surface area contributed by atoms with E-state index in [1.807, 2.05) is 25.1 Å². The van der Waals surface area contributed by atoms with Gasteiger partial charge in [0.2, 0.25) is 0 Å². The molecule has 0 bridgehead atoms. The maximum Gasteiger partial charge on any atom is 0.492 e. The molecular formula is C10H12BFO2. The van der Waals surface area contributed by atoms with Crippen LogP contribution in [-0.4, -0.2) is 18.8 Å². The van der Waals surface area contributed by atoms with Crippen LogP contribution in [0.1, 0.15) is 18.9 Å². The van der Waals surface area contributed by atoms with E-state index in [1.165, 1.54) is 0 Å². The summed E-state index contributed by atoms with van der Waals surface area (Å²) in [4.78, 5) is 0. The summed E-state index contributed by atoms with van der Waals surface area (Å²) < 4.78 is 18.3. The van der Waals surface area contributed by atoms with Gasteiger partial charge < -0.3 is 9.68 Å². The Kier molecular flexibility index (Phi) is 2.33. The van der Waals surface area contributed by atoms with Crippen LogP contribution in [0, 0.1) is 0 Å². The van der Waals surface area contributed by atoms with Crippen molar-refractivity contribution in [1.82, 2.24) is 0 Å². The molecule has 4 heteroatoms. The lowest BCUT2D eigenvalue weighted by molar-refractivity contribution is 0.0299. The first-order valence-electron chi connectivity index (χ1n) is 4.75. The molecule has 0 spiro atoms. The van der Waals surface area contributed by atoms with Crippen molar-refractivity contribution in [3.8, 4) is 0 Å². The number of rotatable bonds is 2. The van der Waals surface area contributed by atoms with E-state index >= 15 is 0 Å². The van der Waals surface area contributed by atoms with Gasteiger partial charge in [-0.25, -0.2) is 4.39 Å². The van der Waals surface area contributed by atoms with Crippen molar-refractivity contribution < 1.29 is 14.1 Å². The van der Waals surface area contributed by atoms with Crippen molar-refractivity contribution in [2.24, 2.45) is 0 Å². The molecule has 0 aromatic heterocycles. The Hall–Kier alpha value is -0.865. The number of hydrogen-bond donors (Lipinski definition) is 1. The number of halogens is 1. The molecule has 0 radical (unpaired) electrons. The van der Waals surface area contributed by atoms with Gasteiger partial charge in [-0.1, -0.05) is 31.2 Å². The lowest BCUT2D eigenvalue weighted by Gasteiger charge is -2.25. The molecule has 1 unspecified atom stereocenters. The summed E-state index contributed by atoms with van der Waals surface area (Å²) in [6.45, 7) is 1.26. The topological polar surface area (TPSA) is 29.5 Å². The molecule has 0 saturated carbocycles. The highest BCUT2D eigenvalue weighted by Gasteiger charge is 2.45. The van der Waals surface area contributed by atoms with Crippen LogP contribution in [0.2, 0.25) is 0 Å². The molecule has 1 aliphatic heterocycles. The predicted octanol–water partition coefficient (Wildman–Crippen LogP) is 0.979. The van der Waals surface area contributed by atoms with Gasteiger partial charge in [-0.3, -0.25) is 0 Å². The molecule has 1 aromatic rings. The maximum absolute atomic E-state index is 13.0. The zero-order valence-electron chi connectivity index (χ0n) is 8.03. The van der Waals surface area contributed by atoms with Gasteiger partial charge in [-0.2, -0.15) is 0 Å². The van der Waals surface area contributed by atoms with Crippen molar-refractivity contribution in [1.29, 1.82) is 0 Å². The number of benzene rings is 1. The van der Waals surface area contributed by atoms with Gasteiger partial charge in [-0.15, -0.1) is 0 Å². The molecule has 1 heterocycles. The molecule has 74 valence electrons. The van der Waals surface area contributed by atoms with Gasteiger partial charge in [-0.05, 0) is 17.4 Å². The first-order valence-corrected chi connectivity index (χ1v) is 4.75. The fourth-order valence-electron chi connectivity index (χ4n) is 1.94. The standard InChI is InChI=1S/C10H12BFO2/c1-2-10(7-12)8-5-3-4-6-9(8)11(13)14-10/h3-6,13H,2,7H2,1H3. The second-order valence-corrected chi connectivity index (χ2v) is 3.54. The van der Waals surface area contributed by atoms with E-state index in [9.17, 15) is 9.41 Å². The van der Waals surface area contributed by atoms with Crippen molar-refractivity contribution in [3.05, 3.63) is 29.8 Å². The zero-order valence-corrected chi connectivity index (χ0v) is 8.03. The van der Waals surface area contributed by atoms with Crippen LogP contribution in [0.5, 0.6) is 0 Å². The molecule has 1 atom stereocenters. The molecule has 0 saturated heterocycles. The number of alkyl halides is 1. The Morgan fingerprint density at radius 1 is 1.50 bits per heavy atom. The van der Waals surface area contributed by atoms with E-state index in [0.29, 0.717) is 11.9 Å². The Balaban J connectivity index is 2.52. The van der Waals surface area contributed by atoms with Crippen LogP contribution in [0.3, 0.4) is 0 Å². The van der Waals surface area contributed by atoms with E-state index < -0.39 is 19.4 Å². The summed E-state index contributed by atoms with van der Waals surface area (Å²) in [6.07, 6.45) is 0.525. The van der Waals surface area contributed by atoms with Crippen LogP contribution >= 0.6 is 0 Å². The molecule has 0 fully saturated rings. The molecule has 0 amide bonds. The van der Waals surface area contributed by atoms with E-state index in [2.05, 4.69) is 0 Å². The Morgan fingerprint density at radius 3 is 2.86 bits per heavy atom. The fourth-order valence-corrected chi connectivity index (χ4v) is 1.94. The van der Waals surface area contributed by atoms with E-state index in [4.69, 9.17) is 4.65 Å². The minimum Gasteiger partial charge on any atom is -0.423 e. The molecule has 1 N–H and O–H groups in total. The summed E-state index contributed by atoms with van der Waals surface area (Å²) in [7, 11) is -0.984. The second kappa shape index (κ2) is 3.37. The first kappa shape index (κ1) is 9.68. The maximum atomic E-state index is 13.0. The monoisotopic (exact) mass is 194 g/mol. The molecule has 2 nitrogen and oxygen atoms in total. The summed E-state index contributed by atoms with van der Waals surface area (Å²) in [5.74, 6) is 0. The number of fused-ring (bicyclic) bond motifs is 1. The third-order valence-electron chi connectivity index (χ3n) is 2.84. The molecule has 1 aliphatic rings. The smallest absolute Gasteiger partial charge is 0.423 e. The Labute approximate surface area is 82.9 Å². The number of hydrogen-bond acceptors (Lipinski definition) is 2. The fraction of sp³-hybridized carbons (Fsp3) is 0.400. The van der Waals surface area contributed by atoms with E-state index in [0.717, 1.165) is 5.56 Å². The third-order valence-corrected chi connectivity index (χ3v) is 2.84. The van der Waals surface area contributed by atoms with Crippen LogP contribution < -0.4 is 5.46 Å². The Bertz CT molecular complexity index is 339. The predicted molar refractivity (Wildman–Crippen MR) is 53.1 cm³/mol. The van der Waals surface area contributed by atoms with Gasteiger partial charge >= 0.3 is 7.12 Å². The summed E-state index contributed by atoms with van der Waals surface area (Å²) in [5.41, 5.74) is 0.528. The lowest BCUT2D eigenvalue weighted by atomic mass is 9.78. The first-order chi connectivity index (χ1) is 6.73. The molecule has 2 rings (SSSR count). The molecule has 1 aromatic carbocycles. The molecule has 14 heavy (non-hydrogen) atoms. The van der Waals surface area contributed by atoms with Crippen LogP contribution in [0.25, 0.3) is 0 Å². The van der Waals surface area contributed by atoms with Crippen molar-refractivity contribution >= 4 is 12.6 Å². The van der Waals surface area contributed by atoms with E-state index in [1.54, 1.807) is 6.07 Å². The average Bonchev–Trinajstić information content (AvgIpc) is 2.53. The van der Waals surface area contributed by atoms with Gasteiger partial charge in [0.15, 0.2) is 0 Å². The van der Waals surface area contributed by atoms with E-state index in [-0.39, 0.29) is 0 Å². The summed E-state index contributed by atoms with van der Waals surface area (Å²) in [6, 6.07) is 7.23. The summed E-state index contributed by atoms with van der Waals surface area (Å²) in [5, 5.41) is 9.59. The van der Waals surface area contributed by atoms with Crippen LogP contribution in [0.4, 0.5) is 4.39 Å². The van der Waals surface area contributed by atoms with Gasteiger partial charge in [0, 0.05) is 0 Å². The zero-order chi connectivity index (χ0) is 10.2. The minimum atomic E-state index is -0.984. The quantitative estimate of drug-likeness (QED) is 0.711. The Morgan fingerprint density at radius 2 is 2.21 bits per heavy atom.